The molecule has 0 aliphatic heterocycles. The summed E-state index contributed by atoms with van der Waals surface area (Å²) in [5, 5.41) is 20.4. The summed E-state index contributed by atoms with van der Waals surface area (Å²) in [5.41, 5.74) is 0.578. The van der Waals surface area contributed by atoms with Crippen LogP contribution >= 0.6 is 0 Å². The van der Waals surface area contributed by atoms with Gasteiger partial charge in [-0.05, 0) is 19.1 Å². The summed E-state index contributed by atoms with van der Waals surface area (Å²) in [7, 11) is 1.57. The standard InChI is InChI=1S/C12H17N3O4/c1-8(7-16)15(2)12(19)14-6-10-5-9(11(17)18)3-4-13-10/h3-5,8,16H,6-7H2,1-2H3,(H,14,19)(H,17,18). The van der Waals surface area contributed by atoms with E-state index in [0.29, 0.717) is 5.69 Å². The number of pyridine rings is 1. The Labute approximate surface area is 110 Å². The fourth-order valence-corrected chi connectivity index (χ4v) is 1.32. The van der Waals surface area contributed by atoms with Crippen molar-refractivity contribution in [1.29, 1.82) is 0 Å². The van der Waals surface area contributed by atoms with Crippen LogP contribution in [0.15, 0.2) is 18.3 Å². The zero-order valence-electron chi connectivity index (χ0n) is 10.8. The average molecular weight is 267 g/mol. The number of carbonyl (C=O) groups is 2. The largest absolute Gasteiger partial charge is 0.478 e. The number of urea groups is 1. The maximum Gasteiger partial charge on any atom is 0.335 e. The van der Waals surface area contributed by atoms with Crippen molar-refractivity contribution in [2.24, 2.45) is 0 Å². The van der Waals surface area contributed by atoms with E-state index in [0.717, 1.165) is 0 Å². The van der Waals surface area contributed by atoms with Gasteiger partial charge >= 0.3 is 12.0 Å². The van der Waals surface area contributed by atoms with Crippen molar-refractivity contribution in [2.45, 2.75) is 19.5 Å². The number of hydrogen-bond donors (Lipinski definition) is 3. The molecule has 7 heteroatoms. The van der Waals surface area contributed by atoms with Crippen LogP contribution in [-0.2, 0) is 6.54 Å². The molecule has 1 aromatic rings. The van der Waals surface area contributed by atoms with Crippen molar-refractivity contribution >= 4 is 12.0 Å². The van der Waals surface area contributed by atoms with Crippen molar-refractivity contribution in [2.75, 3.05) is 13.7 Å². The van der Waals surface area contributed by atoms with Crippen LogP contribution in [0.2, 0.25) is 0 Å². The minimum Gasteiger partial charge on any atom is -0.478 e. The first kappa shape index (κ1) is 14.9. The molecule has 0 fully saturated rings. The van der Waals surface area contributed by atoms with Gasteiger partial charge in [0, 0.05) is 13.2 Å². The molecule has 1 rings (SSSR count). The SMILES string of the molecule is CC(CO)N(C)C(=O)NCc1cc(C(=O)O)ccn1. The lowest BCUT2D eigenvalue weighted by molar-refractivity contribution is 0.0696. The third kappa shape index (κ3) is 4.22. The zero-order chi connectivity index (χ0) is 14.4. The second-order valence-electron chi connectivity index (χ2n) is 4.14. The number of amides is 2. The number of nitrogens with one attached hydrogen (secondary N) is 1. The first-order valence-corrected chi connectivity index (χ1v) is 5.75. The molecule has 2 amide bonds. The van der Waals surface area contributed by atoms with Gasteiger partial charge in [0.15, 0.2) is 0 Å². The Morgan fingerprint density at radius 3 is 2.79 bits per heavy atom. The van der Waals surface area contributed by atoms with Crippen molar-refractivity contribution in [3.63, 3.8) is 0 Å². The average Bonchev–Trinajstić information content (AvgIpc) is 2.43. The van der Waals surface area contributed by atoms with Gasteiger partial charge in [-0.25, -0.2) is 9.59 Å². The van der Waals surface area contributed by atoms with Crippen LogP contribution in [0.3, 0.4) is 0 Å². The second kappa shape index (κ2) is 6.69. The highest BCUT2D eigenvalue weighted by Crippen LogP contribution is 2.02. The van der Waals surface area contributed by atoms with Crippen LogP contribution in [0.25, 0.3) is 0 Å². The molecular weight excluding hydrogens is 250 g/mol. The third-order valence-corrected chi connectivity index (χ3v) is 2.73. The lowest BCUT2D eigenvalue weighted by Crippen LogP contribution is -2.43. The summed E-state index contributed by atoms with van der Waals surface area (Å²) in [6.45, 7) is 1.71. The number of hydrogen-bond acceptors (Lipinski definition) is 4. The number of aliphatic hydroxyl groups is 1. The van der Waals surface area contributed by atoms with Gasteiger partial charge in [0.2, 0.25) is 0 Å². The number of likely N-dealkylation sites (N-methyl/N-ethyl adjacent to an activating group) is 1. The van der Waals surface area contributed by atoms with Gasteiger partial charge in [0.25, 0.3) is 0 Å². The van der Waals surface area contributed by atoms with E-state index in [4.69, 9.17) is 10.2 Å². The highest BCUT2D eigenvalue weighted by atomic mass is 16.4. The van der Waals surface area contributed by atoms with E-state index in [9.17, 15) is 9.59 Å². The lowest BCUT2D eigenvalue weighted by Gasteiger charge is -2.23. The fraction of sp³-hybridized carbons (Fsp3) is 0.417. The van der Waals surface area contributed by atoms with E-state index in [1.807, 2.05) is 0 Å². The number of carboxylic acids is 1. The van der Waals surface area contributed by atoms with Crippen molar-refractivity contribution in [3.8, 4) is 0 Å². The first-order chi connectivity index (χ1) is 8.95. The van der Waals surface area contributed by atoms with E-state index in [1.165, 1.54) is 23.2 Å². The predicted octanol–water partition coefficient (Wildman–Crippen LogP) is 0.302. The molecule has 1 heterocycles. The predicted molar refractivity (Wildman–Crippen MR) is 67.7 cm³/mol. The summed E-state index contributed by atoms with van der Waals surface area (Å²) in [6.07, 6.45) is 1.38. The highest BCUT2D eigenvalue weighted by molar-refractivity contribution is 5.87. The van der Waals surface area contributed by atoms with Gasteiger partial charge in [0.05, 0.1) is 30.5 Å². The van der Waals surface area contributed by atoms with Crippen molar-refractivity contribution in [3.05, 3.63) is 29.6 Å². The third-order valence-electron chi connectivity index (χ3n) is 2.73. The number of carbonyl (C=O) groups excluding carboxylic acids is 1. The zero-order valence-corrected chi connectivity index (χ0v) is 10.8. The smallest absolute Gasteiger partial charge is 0.335 e. The summed E-state index contributed by atoms with van der Waals surface area (Å²) in [4.78, 5) is 27.8. The summed E-state index contributed by atoms with van der Waals surface area (Å²) in [6, 6.07) is 2.13. The van der Waals surface area contributed by atoms with E-state index < -0.39 is 5.97 Å². The quantitative estimate of drug-likeness (QED) is 0.712. The molecule has 19 heavy (non-hydrogen) atoms. The minimum atomic E-state index is -1.04. The van der Waals surface area contributed by atoms with Gasteiger partial charge < -0.3 is 20.4 Å². The van der Waals surface area contributed by atoms with E-state index in [1.54, 1.807) is 14.0 Å². The Morgan fingerprint density at radius 1 is 1.53 bits per heavy atom. The van der Waals surface area contributed by atoms with Gasteiger partial charge in [-0.3, -0.25) is 4.98 Å². The molecule has 7 nitrogen and oxygen atoms in total. The Kier molecular flexibility index (Phi) is 5.25. The summed E-state index contributed by atoms with van der Waals surface area (Å²) in [5.74, 6) is -1.04. The molecule has 0 radical (unpaired) electrons. The maximum absolute atomic E-state index is 11.7. The van der Waals surface area contributed by atoms with E-state index >= 15 is 0 Å². The molecule has 0 saturated heterocycles. The number of carboxylic acid groups (broad SMARTS) is 1. The monoisotopic (exact) mass is 267 g/mol. The second-order valence-corrected chi connectivity index (χ2v) is 4.14. The van der Waals surface area contributed by atoms with E-state index in [-0.39, 0.29) is 30.8 Å². The van der Waals surface area contributed by atoms with Crippen LogP contribution in [-0.4, -0.2) is 51.8 Å². The van der Waals surface area contributed by atoms with Gasteiger partial charge in [-0.15, -0.1) is 0 Å². The summed E-state index contributed by atoms with van der Waals surface area (Å²) >= 11 is 0. The topological polar surface area (TPSA) is 103 Å². The van der Waals surface area contributed by atoms with Crippen LogP contribution in [0.1, 0.15) is 23.0 Å². The van der Waals surface area contributed by atoms with Crippen molar-refractivity contribution < 1.29 is 19.8 Å². The Bertz CT molecular complexity index is 464. The number of nitrogens with zero attached hydrogens (tertiary/aromatic N) is 2. The Hall–Kier alpha value is -2.15. The molecule has 0 aliphatic carbocycles. The van der Waals surface area contributed by atoms with Crippen LogP contribution in [0, 0.1) is 0 Å². The van der Waals surface area contributed by atoms with Gasteiger partial charge in [-0.2, -0.15) is 0 Å². The molecule has 0 spiro atoms. The number of aliphatic hydroxyl groups excluding tert-OH is 1. The molecular formula is C12H17N3O4. The van der Waals surface area contributed by atoms with Crippen LogP contribution in [0.5, 0.6) is 0 Å². The number of rotatable bonds is 5. The normalized spacial score (nSPS) is 11.7. The van der Waals surface area contributed by atoms with Crippen molar-refractivity contribution in [1.82, 2.24) is 15.2 Å². The fourth-order valence-electron chi connectivity index (χ4n) is 1.32. The summed E-state index contributed by atoms with van der Waals surface area (Å²) < 4.78 is 0. The highest BCUT2D eigenvalue weighted by Gasteiger charge is 2.14. The Balaban J connectivity index is 2.59. The molecule has 0 aliphatic rings. The molecule has 0 saturated carbocycles. The first-order valence-electron chi connectivity index (χ1n) is 5.75. The maximum atomic E-state index is 11.7. The molecule has 1 atom stereocenters. The Morgan fingerprint density at radius 2 is 2.21 bits per heavy atom. The molecule has 1 aromatic heterocycles. The molecule has 0 bridgehead atoms. The lowest BCUT2D eigenvalue weighted by atomic mass is 10.2. The molecule has 3 N–H and O–H groups in total. The van der Waals surface area contributed by atoms with Crippen LogP contribution < -0.4 is 5.32 Å². The molecule has 104 valence electrons. The molecule has 1 unspecified atom stereocenters. The number of aromatic carboxylic acids is 1. The minimum absolute atomic E-state index is 0.122. The molecule has 0 aromatic carbocycles. The van der Waals surface area contributed by atoms with Crippen LogP contribution in [0.4, 0.5) is 4.79 Å². The van der Waals surface area contributed by atoms with Gasteiger partial charge in [0.1, 0.15) is 0 Å². The van der Waals surface area contributed by atoms with Gasteiger partial charge in [-0.1, -0.05) is 0 Å². The number of aromatic nitrogens is 1. The van der Waals surface area contributed by atoms with E-state index in [2.05, 4.69) is 10.3 Å².